The number of hydrogen-bond donors (Lipinski definition) is 1. The second-order valence-electron chi connectivity index (χ2n) is 5.48. The summed E-state index contributed by atoms with van der Waals surface area (Å²) in [5, 5.41) is 3.18. The maximum Gasteiger partial charge on any atom is 0.251 e. The van der Waals surface area contributed by atoms with Gasteiger partial charge < -0.3 is 10.1 Å². The molecule has 2 aliphatic rings. The van der Waals surface area contributed by atoms with Gasteiger partial charge in [0.15, 0.2) is 0 Å². The van der Waals surface area contributed by atoms with E-state index in [-0.39, 0.29) is 5.91 Å². The molecule has 1 N–H and O–H groups in total. The van der Waals surface area contributed by atoms with Gasteiger partial charge in [-0.05, 0) is 55.4 Å². The molecule has 0 spiro atoms. The van der Waals surface area contributed by atoms with Crippen molar-refractivity contribution in [3.8, 4) is 5.75 Å². The lowest BCUT2D eigenvalue weighted by atomic mass is 9.95. The first kappa shape index (κ1) is 11.6. The standard InChI is InChI=1S/C15H19NO2/c1-18-13-6-4-11(5-7-13)15(17)16-14-9-10-2-3-12(14)8-10/h4-7,10,12,14H,2-3,8-9H2,1H3,(H,16,17)/t10-,12-,14-/m0/s1. The number of carbonyl (C=O) groups excluding carboxylic acids is 1. The van der Waals surface area contributed by atoms with Crippen LogP contribution in [-0.4, -0.2) is 19.1 Å². The molecule has 2 saturated carbocycles. The molecule has 2 bridgehead atoms. The van der Waals surface area contributed by atoms with Gasteiger partial charge in [-0.3, -0.25) is 4.79 Å². The van der Waals surface area contributed by atoms with Crippen LogP contribution >= 0.6 is 0 Å². The summed E-state index contributed by atoms with van der Waals surface area (Å²) in [7, 11) is 1.63. The van der Waals surface area contributed by atoms with Crippen LogP contribution in [0.15, 0.2) is 24.3 Å². The summed E-state index contributed by atoms with van der Waals surface area (Å²) in [4.78, 5) is 12.1. The van der Waals surface area contributed by atoms with Gasteiger partial charge in [-0.2, -0.15) is 0 Å². The highest BCUT2D eigenvalue weighted by molar-refractivity contribution is 5.94. The van der Waals surface area contributed by atoms with Gasteiger partial charge in [0.25, 0.3) is 5.91 Å². The Hall–Kier alpha value is -1.51. The van der Waals surface area contributed by atoms with Crippen LogP contribution in [0.25, 0.3) is 0 Å². The highest BCUT2D eigenvalue weighted by Crippen LogP contribution is 2.44. The minimum Gasteiger partial charge on any atom is -0.497 e. The summed E-state index contributed by atoms with van der Waals surface area (Å²) in [6.45, 7) is 0. The number of fused-ring (bicyclic) bond motifs is 2. The molecule has 1 aromatic rings. The molecule has 3 rings (SSSR count). The number of amides is 1. The topological polar surface area (TPSA) is 38.3 Å². The van der Waals surface area contributed by atoms with Crippen molar-refractivity contribution in [2.45, 2.75) is 31.7 Å². The monoisotopic (exact) mass is 245 g/mol. The normalized spacial score (nSPS) is 29.3. The van der Waals surface area contributed by atoms with Crippen molar-refractivity contribution < 1.29 is 9.53 Å². The third-order valence-corrected chi connectivity index (χ3v) is 4.41. The number of ether oxygens (including phenoxy) is 1. The number of rotatable bonds is 3. The largest absolute Gasteiger partial charge is 0.497 e. The van der Waals surface area contributed by atoms with Gasteiger partial charge in [0, 0.05) is 11.6 Å². The lowest BCUT2D eigenvalue weighted by Gasteiger charge is -2.22. The second kappa shape index (κ2) is 4.63. The predicted octanol–water partition coefficient (Wildman–Crippen LogP) is 2.61. The van der Waals surface area contributed by atoms with Crippen molar-refractivity contribution in [2.75, 3.05) is 7.11 Å². The van der Waals surface area contributed by atoms with E-state index in [9.17, 15) is 4.79 Å². The first-order valence-electron chi connectivity index (χ1n) is 6.71. The van der Waals surface area contributed by atoms with Crippen molar-refractivity contribution in [3.05, 3.63) is 29.8 Å². The molecule has 3 heteroatoms. The molecule has 0 unspecified atom stereocenters. The number of methoxy groups -OCH3 is 1. The van der Waals surface area contributed by atoms with Gasteiger partial charge in [0.05, 0.1) is 7.11 Å². The molecular weight excluding hydrogens is 226 g/mol. The number of hydrogen-bond acceptors (Lipinski definition) is 2. The highest BCUT2D eigenvalue weighted by atomic mass is 16.5. The maximum absolute atomic E-state index is 12.1. The fourth-order valence-electron chi connectivity index (χ4n) is 3.42. The number of carbonyl (C=O) groups is 1. The van der Waals surface area contributed by atoms with Crippen molar-refractivity contribution in [1.29, 1.82) is 0 Å². The van der Waals surface area contributed by atoms with Crippen LogP contribution in [0, 0.1) is 11.8 Å². The quantitative estimate of drug-likeness (QED) is 0.889. The summed E-state index contributed by atoms with van der Waals surface area (Å²) < 4.78 is 5.09. The fraction of sp³-hybridized carbons (Fsp3) is 0.533. The molecule has 2 fully saturated rings. The van der Waals surface area contributed by atoms with Crippen molar-refractivity contribution in [2.24, 2.45) is 11.8 Å². The lowest BCUT2D eigenvalue weighted by Crippen LogP contribution is -2.38. The molecule has 18 heavy (non-hydrogen) atoms. The van der Waals surface area contributed by atoms with Crippen LogP contribution in [-0.2, 0) is 0 Å². The third-order valence-electron chi connectivity index (χ3n) is 4.41. The van der Waals surface area contributed by atoms with E-state index in [4.69, 9.17) is 4.74 Å². The second-order valence-corrected chi connectivity index (χ2v) is 5.48. The Morgan fingerprint density at radius 3 is 2.56 bits per heavy atom. The van der Waals surface area contributed by atoms with E-state index in [0.29, 0.717) is 6.04 Å². The minimum absolute atomic E-state index is 0.0511. The minimum atomic E-state index is 0.0511. The Labute approximate surface area is 108 Å². The van der Waals surface area contributed by atoms with Gasteiger partial charge >= 0.3 is 0 Å². The SMILES string of the molecule is COc1ccc(C(=O)N[C@H]2C[C@H]3CC[C@H]2C3)cc1. The molecule has 3 nitrogen and oxygen atoms in total. The zero-order chi connectivity index (χ0) is 12.5. The van der Waals surface area contributed by atoms with Gasteiger partial charge in [-0.25, -0.2) is 0 Å². The number of nitrogens with one attached hydrogen (secondary N) is 1. The number of benzene rings is 1. The molecule has 0 aliphatic heterocycles. The van der Waals surface area contributed by atoms with Crippen LogP contribution in [0.1, 0.15) is 36.0 Å². The molecule has 96 valence electrons. The van der Waals surface area contributed by atoms with Crippen molar-refractivity contribution in [3.63, 3.8) is 0 Å². The zero-order valence-electron chi connectivity index (χ0n) is 10.7. The van der Waals surface area contributed by atoms with Crippen molar-refractivity contribution >= 4 is 5.91 Å². The average molecular weight is 245 g/mol. The smallest absolute Gasteiger partial charge is 0.251 e. The Kier molecular flexibility index (Phi) is 2.98. The van der Waals surface area contributed by atoms with Crippen LogP contribution in [0.4, 0.5) is 0 Å². The molecular formula is C15H19NO2. The van der Waals surface area contributed by atoms with Gasteiger partial charge in [-0.1, -0.05) is 6.42 Å². The molecule has 3 atom stereocenters. The Morgan fingerprint density at radius 1 is 1.22 bits per heavy atom. The first-order valence-corrected chi connectivity index (χ1v) is 6.71. The highest BCUT2D eigenvalue weighted by Gasteiger charge is 2.40. The summed E-state index contributed by atoms with van der Waals surface area (Å²) >= 11 is 0. The van der Waals surface area contributed by atoms with Gasteiger partial charge in [0.2, 0.25) is 0 Å². The van der Waals surface area contributed by atoms with E-state index in [2.05, 4.69) is 5.32 Å². The molecule has 1 amide bonds. The Bertz CT molecular complexity index is 440. The van der Waals surface area contributed by atoms with E-state index < -0.39 is 0 Å². The maximum atomic E-state index is 12.1. The molecule has 1 aromatic carbocycles. The molecule has 0 heterocycles. The van der Waals surface area contributed by atoms with Crippen molar-refractivity contribution in [1.82, 2.24) is 5.32 Å². The molecule has 0 saturated heterocycles. The Balaban J connectivity index is 1.64. The van der Waals surface area contributed by atoms with Crippen LogP contribution < -0.4 is 10.1 Å². The van der Waals surface area contributed by atoms with Crippen LogP contribution in [0.5, 0.6) is 5.75 Å². The molecule has 0 aromatic heterocycles. The molecule has 0 radical (unpaired) electrons. The first-order chi connectivity index (χ1) is 8.76. The lowest BCUT2D eigenvalue weighted by molar-refractivity contribution is 0.0923. The summed E-state index contributed by atoms with van der Waals surface area (Å²) in [5.74, 6) is 2.41. The van der Waals surface area contributed by atoms with E-state index in [1.54, 1.807) is 7.11 Å². The van der Waals surface area contributed by atoms with Gasteiger partial charge in [0.1, 0.15) is 5.75 Å². The van der Waals surface area contributed by atoms with Crippen LogP contribution in [0.3, 0.4) is 0 Å². The van der Waals surface area contributed by atoms with Gasteiger partial charge in [-0.15, -0.1) is 0 Å². The molecule has 2 aliphatic carbocycles. The van der Waals surface area contributed by atoms with E-state index in [1.807, 2.05) is 24.3 Å². The summed E-state index contributed by atoms with van der Waals surface area (Å²) in [5.41, 5.74) is 0.721. The fourth-order valence-corrected chi connectivity index (χ4v) is 3.42. The zero-order valence-corrected chi connectivity index (χ0v) is 10.7. The van der Waals surface area contributed by atoms with Crippen LogP contribution in [0.2, 0.25) is 0 Å². The van der Waals surface area contributed by atoms with E-state index in [1.165, 1.54) is 25.7 Å². The predicted molar refractivity (Wildman–Crippen MR) is 69.7 cm³/mol. The van der Waals surface area contributed by atoms with E-state index >= 15 is 0 Å². The summed E-state index contributed by atoms with van der Waals surface area (Å²) in [6.07, 6.45) is 5.14. The van der Waals surface area contributed by atoms with E-state index in [0.717, 1.165) is 23.1 Å². The summed E-state index contributed by atoms with van der Waals surface area (Å²) in [6, 6.07) is 7.70. The average Bonchev–Trinajstić information content (AvgIpc) is 3.01. The third kappa shape index (κ3) is 2.09. The Morgan fingerprint density at radius 2 is 2.00 bits per heavy atom.